The van der Waals surface area contributed by atoms with Crippen molar-refractivity contribution in [1.82, 2.24) is 0 Å². The zero-order valence-corrected chi connectivity index (χ0v) is 19.4. The Morgan fingerprint density at radius 1 is 0.667 bits per heavy atom. The van der Waals surface area contributed by atoms with Gasteiger partial charge >= 0.3 is 5.97 Å². The molecule has 0 bridgehead atoms. The van der Waals surface area contributed by atoms with E-state index in [9.17, 15) is 19.2 Å². The van der Waals surface area contributed by atoms with Crippen LogP contribution in [0.15, 0.2) is 103 Å². The van der Waals surface area contributed by atoms with Gasteiger partial charge in [-0.15, -0.1) is 0 Å². The smallest absolute Gasteiger partial charge is 0.339 e. The summed E-state index contributed by atoms with van der Waals surface area (Å²) in [6, 6.07) is 28.5. The van der Waals surface area contributed by atoms with Gasteiger partial charge in [-0.2, -0.15) is 0 Å². The predicted molar refractivity (Wildman–Crippen MR) is 134 cm³/mol. The number of carbonyl (C=O) groups is 4. The molecule has 0 unspecified atom stereocenters. The minimum atomic E-state index is -1.13. The highest BCUT2D eigenvalue weighted by Gasteiger charge is 2.36. The summed E-state index contributed by atoms with van der Waals surface area (Å²) >= 11 is 0. The molecule has 6 heteroatoms. The lowest BCUT2D eigenvalue weighted by Crippen LogP contribution is -2.29. The molecule has 36 heavy (non-hydrogen) atoms. The summed E-state index contributed by atoms with van der Waals surface area (Å²) in [5, 5.41) is 0. The van der Waals surface area contributed by atoms with E-state index in [1.54, 1.807) is 60.7 Å². The molecular formula is C30H21NO5. The number of benzene rings is 4. The minimum absolute atomic E-state index is 0.188. The van der Waals surface area contributed by atoms with Gasteiger partial charge in [0.15, 0.2) is 6.10 Å². The Balaban J connectivity index is 1.38. The molecule has 0 aliphatic carbocycles. The van der Waals surface area contributed by atoms with Crippen LogP contribution in [0.1, 0.15) is 58.7 Å². The maximum absolute atomic E-state index is 13.3. The van der Waals surface area contributed by atoms with Crippen LogP contribution in [-0.4, -0.2) is 23.6 Å². The number of esters is 1. The second-order valence-electron chi connectivity index (χ2n) is 8.46. The van der Waals surface area contributed by atoms with Crippen molar-refractivity contribution < 1.29 is 23.9 Å². The number of ketones is 1. The van der Waals surface area contributed by atoms with E-state index in [4.69, 9.17) is 4.74 Å². The van der Waals surface area contributed by atoms with Crippen molar-refractivity contribution >= 4 is 29.3 Å². The number of aryl methyl sites for hydroxylation is 1. The van der Waals surface area contributed by atoms with Crippen molar-refractivity contribution in [1.29, 1.82) is 0 Å². The molecule has 0 fully saturated rings. The van der Waals surface area contributed by atoms with Crippen LogP contribution >= 0.6 is 0 Å². The Morgan fingerprint density at radius 2 is 1.19 bits per heavy atom. The third-order valence-electron chi connectivity index (χ3n) is 6.06. The normalized spacial score (nSPS) is 13.3. The van der Waals surface area contributed by atoms with Crippen molar-refractivity contribution in [3.8, 4) is 0 Å². The highest BCUT2D eigenvalue weighted by Crippen LogP contribution is 2.29. The van der Waals surface area contributed by atoms with Crippen LogP contribution in [0.5, 0.6) is 0 Å². The van der Waals surface area contributed by atoms with E-state index in [2.05, 4.69) is 0 Å². The van der Waals surface area contributed by atoms with Crippen LogP contribution < -0.4 is 4.90 Å². The largest absolute Gasteiger partial charge is 0.445 e. The van der Waals surface area contributed by atoms with Gasteiger partial charge < -0.3 is 4.74 Å². The van der Waals surface area contributed by atoms with E-state index in [-0.39, 0.29) is 11.3 Å². The minimum Gasteiger partial charge on any atom is -0.445 e. The van der Waals surface area contributed by atoms with Crippen molar-refractivity contribution in [3.63, 3.8) is 0 Å². The lowest BCUT2D eigenvalue weighted by molar-refractivity contribution is 0.0280. The lowest BCUT2D eigenvalue weighted by atomic mass is 9.99. The molecule has 0 radical (unpaired) electrons. The van der Waals surface area contributed by atoms with Crippen molar-refractivity contribution in [3.05, 3.63) is 137 Å². The van der Waals surface area contributed by atoms with Gasteiger partial charge in [-0.1, -0.05) is 72.3 Å². The van der Waals surface area contributed by atoms with Gasteiger partial charge in [-0.25, -0.2) is 9.69 Å². The first-order valence-corrected chi connectivity index (χ1v) is 11.4. The number of hydrogen-bond donors (Lipinski definition) is 0. The van der Waals surface area contributed by atoms with Crippen LogP contribution in [-0.2, 0) is 4.74 Å². The SMILES string of the molecule is Cc1ccc(C(=O)[C@H](OC(=O)c2ccc(N3C(=O)c4ccccc4C3=O)cc2)c2ccccc2)cc1. The van der Waals surface area contributed by atoms with Crippen LogP contribution in [0.25, 0.3) is 0 Å². The second-order valence-corrected chi connectivity index (χ2v) is 8.46. The highest BCUT2D eigenvalue weighted by atomic mass is 16.5. The zero-order chi connectivity index (χ0) is 25.2. The van der Waals surface area contributed by atoms with Crippen LogP contribution in [0.4, 0.5) is 5.69 Å². The summed E-state index contributed by atoms with van der Waals surface area (Å²) in [4.78, 5) is 52.9. The Labute approximate surface area is 207 Å². The summed E-state index contributed by atoms with van der Waals surface area (Å²) in [5.41, 5.74) is 3.21. The molecule has 0 aromatic heterocycles. The number of amides is 2. The van der Waals surface area contributed by atoms with Crippen molar-refractivity contribution in [2.75, 3.05) is 4.90 Å². The molecule has 0 saturated carbocycles. The average molecular weight is 476 g/mol. The summed E-state index contributed by atoms with van der Waals surface area (Å²) in [6.07, 6.45) is -1.13. The number of carbonyl (C=O) groups excluding carboxylic acids is 4. The number of anilines is 1. The quantitative estimate of drug-likeness (QED) is 0.207. The topological polar surface area (TPSA) is 80.8 Å². The molecule has 1 aliphatic heterocycles. The number of imide groups is 1. The molecule has 1 heterocycles. The van der Waals surface area contributed by atoms with Crippen molar-refractivity contribution in [2.45, 2.75) is 13.0 Å². The summed E-state index contributed by atoms with van der Waals surface area (Å²) in [7, 11) is 0. The maximum atomic E-state index is 13.3. The highest BCUT2D eigenvalue weighted by molar-refractivity contribution is 6.34. The number of fused-ring (bicyclic) bond motifs is 1. The van der Waals surface area contributed by atoms with Gasteiger partial charge in [0, 0.05) is 11.1 Å². The van der Waals surface area contributed by atoms with Crippen molar-refractivity contribution in [2.24, 2.45) is 0 Å². The molecule has 1 atom stereocenters. The molecular weight excluding hydrogens is 454 g/mol. The molecule has 5 rings (SSSR count). The summed E-state index contributed by atoms with van der Waals surface area (Å²) in [6.45, 7) is 1.93. The van der Waals surface area contributed by atoms with E-state index in [1.807, 2.05) is 25.1 Å². The van der Waals surface area contributed by atoms with Gasteiger partial charge in [-0.3, -0.25) is 14.4 Å². The van der Waals surface area contributed by atoms with Gasteiger partial charge in [0.1, 0.15) is 0 Å². The fourth-order valence-corrected chi connectivity index (χ4v) is 4.12. The fraction of sp³-hybridized carbons (Fsp3) is 0.0667. The number of hydrogen-bond acceptors (Lipinski definition) is 5. The first-order chi connectivity index (χ1) is 17.4. The van der Waals surface area contributed by atoms with Gasteiger partial charge in [0.2, 0.25) is 5.78 Å². The first kappa shape index (κ1) is 22.9. The number of ether oxygens (including phenoxy) is 1. The Bertz CT molecular complexity index is 1440. The van der Waals surface area contributed by atoms with Gasteiger partial charge in [-0.05, 0) is 43.3 Å². The fourth-order valence-electron chi connectivity index (χ4n) is 4.12. The standard InChI is InChI=1S/C30H21NO5/c1-19-11-13-20(14-12-19)26(32)27(21-7-3-2-4-8-21)36-30(35)22-15-17-23(18-16-22)31-28(33)24-9-5-6-10-25(24)29(31)34/h2-18,27H,1H3/t27-/m1/s1. The summed E-state index contributed by atoms with van der Waals surface area (Å²) < 4.78 is 5.69. The van der Waals surface area contributed by atoms with E-state index in [0.717, 1.165) is 10.5 Å². The van der Waals surface area contributed by atoms with Crippen LogP contribution in [0.3, 0.4) is 0 Å². The maximum Gasteiger partial charge on any atom is 0.339 e. The predicted octanol–water partition coefficient (Wildman–Crippen LogP) is 5.58. The molecule has 0 N–H and O–H groups in total. The number of nitrogens with zero attached hydrogens (tertiary/aromatic N) is 1. The second kappa shape index (κ2) is 9.43. The number of rotatable bonds is 6. The lowest BCUT2D eigenvalue weighted by Gasteiger charge is -2.18. The monoisotopic (exact) mass is 475 g/mol. The molecule has 176 valence electrons. The molecule has 6 nitrogen and oxygen atoms in total. The van der Waals surface area contributed by atoms with E-state index >= 15 is 0 Å². The van der Waals surface area contributed by atoms with E-state index in [0.29, 0.717) is 27.9 Å². The molecule has 2 amide bonds. The summed E-state index contributed by atoms with van der Waals surface area (Å²) in [5.74, 6) is -1.87. The van der Waals surface area contributed by atoms with E-state index in [1.165, 1.54) is 24.3 Å². The third-order valence-corrected chi connectivity index (χ3v) is 6.06. The van der Waals surface area contributed by atoms with E-state index < -0.39 is 23.9 Å². The molecule has 4 aromatic carbocycles. The molecule has 0 saturated heterocycles. The molecule has 4 aromatic rings. The first-order valence-electron chi connectivity index (χ1n) is 11.4. The Morgan fingerprint density at radius 3 is 1.78 bits per heavy atom. The van der Waals surface area contributed by atoms with Gasteiger partial charge in [0.05, 0.1) is 22.4 Å². The zero-order valence-electron chi connectivity index (χ0n) is 19.4. The van der Waals surface area contributed by atoms with Gasteiger partial charge in [0.25, 0.3) is 11.8 Å². The molecule has 0 spiro atoms. The average Bonchev–Trinajstić information content (AvgIpc) is 3.17. The van der Waals surface area contributed by atoms with Crippen LogP contribution in [0, 0.1) is 6.92 Å². The Kier molecular flexibility index (Phi) is 6.00. The molecule has 1 aliphatic rings. The Hall–Kier alpha value is -4.84. The van der Waals surface area contributed by atoms with Crippen LogP contribution in [0.2, 0.25) is 0 Å². The number of Topliss-reactive ketones (excluding diaryl/α,β-unsaturated/α-hetero) is 1. The third kappa shape index (κ3) is 4.20.